The summed E-state index contributed by atoms with van der Waals surface area (Å²) >= 11 is 0. The van der Waals surface area contributed by atoms with Gasteiger partial charge in [-0.15, -0.1) is 11.8 Å². The molecule has 0 aromatic carbocycles. The Morgan fingerprint density at radius 2 is 1.81 bits per heavy atom. The molecule has 0 fully saturated rings. The van der Waals surface area contributed by atoms with Gasteiger partial charge in [0.25, 0.3) is 0 Å². The Hall–Kier alpha value is -1.05. The molecule has 0 bridgehead atoms. The van der Waals surface area contributed by atoms with Crippen LogP contribution in [0.25, 0.3) is 0 Å². The van der Waals surface area contributed by atoms with E-state index in [1.807, 2.05) is 6.92 Å². The maximum atomic E-state index is 10.6. The van der Waals surface area contributed by atoms with Crippen LogP contribution in [0.5, 0.6) is 0 Å². The summed E-state index contributed by atoms with van der Waals surface area (Å²) in [5.74, 6) is 5.35. The molecule has 92 valence electrons. The Labute approximate surface area is 97.3 Å². The number of hydrogen-bond acceptors (Lipinski definition) is 4. The van der Waals surface area contributed by atoms with Gasteiger partial charge in [0.2, 0.25) is 6.29 Å². The Bertz CT molecular complexity index is 264. The molecule has 4 heteroatoms. The van der Waals surface area contributed by atoms with Crippen molar-refractivity contribution in [2.24, 2.45) is 0 Å². The lowest BCUT2D eigenvalue weighted by Gasteiger charge is -2.21. The highest BCUT2D eigenvalue weighted by atomic mass is 16.8. The minimum absolute atomic E-state index is 0.00743. The number of carbonyl (C=O) groups excluding carboxylic acids is 1. The van der Waals surface area contributed by atoms with Gasteiger partial charge in [-0.05, 0) is 27.7 Å². The van der Waals surface area contributed by atoms with E-state index >= 15 is 0 Å². The Morgan fingerprint density at radius 3 is 2.31 bits per heavy atom. The van der Waals surface area contributed by atoms with E-state index in [1.165, 1.54) is 6.92 Å². The smallest absolute Gasteiger partial charge is 0.304 e. The molecule has 0 radical (unpaired) electrons. The van der Waals surface area contributed by atoms with Crippen LogP contribution in [0.15, 0.2) is 0 Å². The van der Waals surface area contributed by atoms with Crippen molar-refractivity contribution >= 4 is 5.97 Å². The standard InChI is InChI=1S/C12H20O4/c1-6-7-8-9(2)14-11(4)16-12(5)15-10(3)13/h9,11-12H,8H2,1-5H3. The van der Waals surface area contributed by atoms with Gasteiger partial charge in [-0.25, -0.2) is 0 Å². The van der Waals surface area contributed by atoms with Crippen molar-refractivity contribution in [2.45, 2.75) is 59.7 Å². The van der Waals surface area contributed by atoms with Crippen LogP contribution in [0.2, 0.25) is 0 Å². The fourth-order valence-electron chi connectivity index (χ4n) is 1.18. The van der Waals surface area contributed by atoms with Gasteiger partial charge in [-0.3, -0.25) is 4.79 Å². The second kappa shape index (κ2) is 8.14. The van der Waals surface area contributed by atoms with Crippen molar-refractivity contribution in [2.75, 3.05) is 0 Å². The molecule has 0 rings (SSSR count). The van der Waals surface area contributed by atoms with E-state index < -0.39 is 12.6 Å². The zero-order chi connectivity index (χ0) is 12.6. The molecule has 0 heterocycles. The second-order valence-corrected chi connectivity index (χ2v) is 3.46. The second-order valence-electron chi connectivity index (χ2n) is 3.46. The third kappa shape index (κ3) is 8.27. The molecule has 0 aliphatic heterocycles. The van der Waals surface area contributed by atoms with Gasteiger partial charge in [0.15, 0.2) is 6.29 Å². The number of hydrogen-bond donors (Lipinski definition) is 0. The highest BCUT2D eigenvalue weighted by molar-refractivity contribution is 5.65. The van der Waals surface area contributed by atoms with Crippen LogP contribution in [0.3, 0.4) is 0 Å². The average Bonchev–Trinajstić information content (AvgIpc) is 2.12. The number of ether oxygens (including phenoxy) is 3. The van der Waals surface area contributed by atoms with Gasteiger partial charge in [0, 0.05) is 13.3 Å². The Kier molecular flexibility index (Phi) is 7.61. The number of carbonyl (C=O) groups is 1. The van der Waals surface area contributed by atoms with E-state index in [4.69, 9.17) is 14.2 Å². The van der Waals surface area contributed by atoms with Crippen molar-refractivity contribution < 1.29 is 19.0 Å². The number of rotatable bonds is 6. The molecule has 3 atom stereocenters. The predicted octanol–water partition coefficient (Wildman–Crippen LogP) is 2.08. The summed E-state index contributed by atoms with van der Waals surface area (Å²) in [6.07, 6.45) is -0.376. The lowest BCUT2D eigenvalue weighted by molar-refractivity contribution is -0.237. The fourth-order valence-corrected chi connectivity index (χ4v) is 1.18. The zero-order valence-corrected chi connectivity index (χ0v) is 10.6. The molecule has 0 saturated carbocycles. The minimum atomic E-state index is -0.600. The van der Waals surface area contributed by atoms with Crippen LogP contribution >= 0.6 is 0 Å². The van der Waals surface area contributed by atoms with Gasteiger partial charge < -0.3 is 14.2 Å². The lowest BCUT2D eigenvalue weighted by Crippen LogP contribution is -2.26. The summed E-state index contributed by atoms with van der Waals surface area (Å²) in [4.78, 5) is 10.6. The van der Waals surface area contributed by atoms with Gasteiger partial charge in [-0.1, -0.05) is 0 Å². The summed E-state index contributed by atoms with van der Waals surface area (Å²) in [6, 6.07) is 0. The summed E-state index contributed by atoms with van der Waals surface area (Å²) in [5, 5.41) is 0. The van der Waals surface area contributed by atoms with Gasteiger partial charge in [-0.2, -0.15) is 0 Å². The third-order valence-corrected chi connectivity index (χ3v) is 1.71. The lowest BCUT2D eigenvalue weighted by atomic mass is 10.3. The fraction of sp³-hybridized carbons (Fsp3) is 0.750. The molecule has 0 aliphatic rings. The molecule has 4 nitrogen and oxygen atoms in total. The largest absolute Gasteiger partial charge is 0.436 e. The molecule has 3 unspecified atom stereocenters. The first-order valence-corrected chi connectivity index (χ1v) is 5.33. The predicted molar refractivity (Wildman–Crippen MR) is 60.4 cm³/mol. The monoisotopic (exact) mass is 228 g/mol. The Balaban J connectivity index is 3.82. The average molecular weight is 228 g/mol. The van der Waals surface area contributed by atoms with Crippen molar-refractivity contribution in [1.82, 2.24) is 0 Å². The highest BCUT2D eigenvalue weighted by Crippen LogP contribution is 2.06. The number of esters is 1. The molecular formula is C12H20O4. The molecule has 0 amide bonds. The van der Waals surface area contributed by atoms with E-state index in [-0.39, 0.29) is 12.1 Å². The minimum Gasteiger partial charge on any atom is -0.436 e. The molecule has 0 aliphatic carbocycles. The van der Waals surface area contributed by atoms with Crippen LogP contribution in [-0.2, 0) is 19.0 Å². The molecule has 0 aromatic rings. The first-order valence-electron chi connectivity index (χ1n) is 5.33. The molecule has 0 N–H and O–H groups in total. The summed E-state index contributed by atoms with van der Waals surface area (Å²) in [5.41, 5.74) is 0. The zero-order valence-electron chi connectivity index (χ0n) is 10.6. The van der Waals surface area contributed by atoms with E-state index in [2.05, 4.69) is 11.8 Å². The van der Waals surface area contributed by atoms with E-state index in [0.717, 1.165) is 0 Å². The SMILES string of the molecule is CC#CCC(C)OC(C)OC(C)OC(C)=O. The third-order valence-electron chi connectivity index (χ3n) is 1.71. The Morgan fingerprint density at radius 1 is 1.19 bits per heavy atom. The first-order chi connectivity index (χ1) is 7.45. The molecular weight excluding hydrogens is 208 g/mol. The van der Waals surface area contributed by atoms with Crippen LogP contribution in [0.1, 0.15) is 41.0 Å². The molecule has 0 spiro atoms. The molecule has 0 saturated heterocycles. The van der Waals surface area contributed by atoms with E-state index in [1.54, 1.807) is 20.8 Å². The van der Waals surface area contributed by atoms with Crippen LogP contribution in [-0.4, -0.2) is 24.7 Å². The normalized spacial score (nSPS) is 15.6. The van der Waals surface area contributed by atoms with Gasteiger partial charge in [0.05, 0.1) is 6.10 Å². The molecule has 0 aromatic heterocycles. The summed E-state index contributed by atoms with van der Waals surface area (Å²) in [6.45, 7) is 8.45. The maximum Gasteiger partial charge on any atom is 0.304 e. The van der Waals surface area contributed by atoms with E-state index in [9.17, 15) is 4.79 Å². The molecule has 16 heavy (non-hydrogen) atoms. The van der Waals surface area contributed by atoms with Gasteiger partial charge in [0.1, 0.15) is 0 Å². The van der Waals surface area contributed by atoms with E-state index in [0.29, 0.717) is 6.42 Å². The van der Waals surface area contributed by atoms with Crippen LogP contribution in [0.4, 0.5) is 0 Å². The van der Waals surface area contributed by atoms with Crippen molar-refractivity contribution in [3.8, 4) is 11.8 Å². The van der Waals surface area contributed by atoms with Crippen molar-refractivity contribution in [3.05, 3.63) is 0 Å². The quantitative estimate of drug-likeness (QED) is 0.396. The highest BCUT2D eigenvalue weighted by Gasteiger charge is 2.13. The summed E-state index contributed by atoms with van der Waals surface area (Å²) in [7, 11) is 0. The van der Waals surface area contributed by atoms with Crippen molar-refractivity contribution in [3.63, 3.8) is 0 Å². The van der Waals surface area contributed by atoms with Gasteiger partial charge >= 0.3 is 5.97 Å². The van der Waals surface area contributed by atoms with Crippen molar-refractivity contribution in [1.29, 1.82) is 0 Å². The first kappa shape index (κ1) is 14.9. The van der Waals surface area contributed by atoms with Crippen LogP contribution < -0.4 is 0 Å². The van der Waals surface area contributed by atoms with Crippen LogP contribution in [0, 0.1) is 11.8 Å². The topological polar surface area (TPSA) is 44.8 Å². The maximum absolute atomic E-state index is 10.6. The summed E-state index contributed by atoms with van der Waals surface area (Å²) < 4.78 is 15.6.